The van der Waals surface area contributed by atoms with E-state index in [4.69, 9.17) is 0 Å². The second-order valence-electron chi connectivity index (χ2n) is 5.86. The van der Waals surface area contributed by atoms with Crippen LogP contribution in [0, 0.1) is 21.7 Å². The number of sulfone groups is 1. The van der Waals surface area contributed by atoms with Crippen molar-refractivity contribution in [2.45, 2.75) is 9.79 Å². The molecule has 0 unspecified atom stereocenters. The number of benzene rings is 3. The van der Waals surface area contributed by atoms with Crippen LogP contribution >= 0.6 is 0 Å². The SMILES string of the molecule is O=C(Nc1ccc(S(=O)(=O)c2ccc([N+](=O)[O-])cc2)cc1)c1ccc(F)c(F)c1. The van der Waals surface area contributed by atoms with E-state index in [0.717, 1.165) is 42.5 Å². The molecule has 10 heteroatoms. The van der Waals surface area contributed by atoms with E-state index in [-0.39, 0.29) is 26.7 Å². The number of amides is 1. The first-order valence-electron chi connectivity index (χ1n) is 8.04. The number of nitro groups is 1. The molecular formula is C19H12F2N2O5S. The first-order chi connectivity index (χ1) is 13.7. The number of carbonyl (C=O) groups excluding carboxylic acids is 1. The molecule has 0 saturated carbocycles. The number of nitro benzene ring substituents is 1. The average Bonchev–Trinajstić information content (AvgIpc) is 2.70. The summed E-state index contributed by atoms with van der Waals surface area (Å²) in [5, 5.41) is 13.1. The summed E-state index contributed by atoms with van der Waals surface area (Å²) in [6.45, 7) is 0. The van der Waals surface area contributed by atoms with Crippen LogP contribution < -0.4 is 5.32 Å². The number of rotatable bonds is 5. The summed E-state index contributed by atoms with van der Waals surface area (Å²) >= 11 is 0. The standard InChI is InChI=1S/C19H12F2N2O5S/c20-17-10-1-12(11-18(17)21)19(24)22-13-2-6-15(7-3-13)29(27,28)16-8-4-14(5-9-16)23(25)26/h1-11H,(H,22,24). The molecule has 0 saturated heterocycles. The largest absolute Gasteiger partial charge is 0.322 e. The maximum Gasteiger partial charge on any atom is 0.269 e. The normalized spacial score (nSPS) is 11.1. The molecular weight excluding hydrogens is 406 g/mol. The fraction of sp³-hybridized carbons (Fsp3) is 0. The molecule has 0 aliphatic heterocycles. The summed E-state index contributed by atoms with van der Waals surface area (Å²) in [7, 11) is -3.92. The van der Waals surface area contributed by atoms with Gasteiger partial charge in [-0.3, -0.25) is 14.9 Å². The summed E-state index contributed by atoms with van der Waals surface area (Å²) in [5.41, 5.74) is -0.104. The number of nitrogens with one attached hydrogen (secondary N) is 1. The minimum absolute atomic E-state index is 0.0859. The molecule has 3 rings (SSSR count). The van der Waals surface area contributed by atoms with Crippen molar-refractivity contribution in [3.8, 4) is 0 Å². The molecule has 1 amide bonds. The average molecular weight is 418 g/mol. The summed E-state index contributed by atoms with van der Waals surface area (Å²) in [4.78, 5) is 21.9. The lowest BCUT2D eigenvalue weighted by Gasteiger charge is -2.08. The molecule has 0 spiro atoms. The molecule has 29 heavy (non-hydrogen) atoms. The van der Waals surface area contributed by atoms with E-state index >= 15 is 0 Å². The van der Waals surface area contributed by atoms with Crippen molar-refractivity contribution in [1.82, 2.24) is 0 Å². The Balaban J connectivity index is 1.79. The van der Waals surface area contributed by atoms with Gasteiger partial charge in [-0.2, -0.15) is 0 Å². The predicted molar refractivity (Wildman–Crippen MR) is 99.3 cm³/mol. The molecule has 0 fully saturated rings. The van der Waals surface area contributed by atoms with Crippen LogP contribution in [-0.2, 0) is 9.84 Å². The van der Waals surface area contributed by atoms with Crippen molar-refractivity contribution < 1.29 is 26.9 Å². The van der Waals surface area contributed by atoms with E-state index in [1.807, 2.05) is 0 Å². The number of anilines is 1. The van der Waals surface area contributed by atoms with Crippen LogP contribution in [0.15, 0.2) is 76.5 Å². The summed E-state index contributed by atoms with van der Waals surface area (Å²) in [6.07, 6.45) is 0. The first kappa shape index (κ1) is 20.1. The third-order valence-electron chi connectivity index (χ3n) is 3.96. The molecule has 0 aromatic heterocycles. The van der Waals surface area contributed by atoms with Crippen LogP contribution in [0.1, 0.15) is 10.4 Å². The van der Waals surface area contributed by atoms with Gasteiger partial charge in [0.05, 0.1) is 14.7 Å². The van der Waals surface area contributed by atoms with Gasteiger partial charge in [-0.25, -0.2) is 17.2 Å². The molecule has 7 nitrogen and oxygen atoms in total. The van der Waals surface area contributed by atoms with Crippen molar-refractivity contribution in [2.24, 2.45) is 0 Å². The fourth-order valence-electron chi connectivity index (χ4n) is 2.44. The number of nitrogens with zero attached hydrogens (tertiary/aromatic N) is 1. The Hall–Kier alpha value is -3.66. The lowest BCUT2D eigenvalue weighted by atomic mass is 10.2. The minimum Gasteiger partial charge on any atom is -0.322 e. The third kappa shape index (κ3) is 4.27. The van der Waals surface area contributed by atoms with Gasteiger partial charge in [0.1, 0.15) is 0 Å². The Morgan fingerprint density at radius 1 is 0.862 bits per heavy atom. The van der Waals surface area contributed by atoms with Crippen LogP contribution in [0.2, 0.25) is 0 Å². The quantitative estimate of drug-likeness (QED) is 0.499. The highest BCUT2D eigenvalue weighted by molar-refractivity contribution is 7.91. The molecule has 0 aliphatic carbocycles. The zero-order valence-electron chi connectivity index (χ0n) is 14.5. The van der Waals surface area contributed by atoms with Crippen LogP contribution in [0.4, 0.5) is 20.2 Å². The monoisotopic (exact) mass is 418 g/mol. The second-order valence-corrected chi connectivity index (χ2v) is 7.81. The second kappa shape index (κ2) is 7.76. The highest BCUT2D eigenvalue weighted by Crippen LogP contribution is 2.24. The van der Waals surface area contributed by atoms with Crippen LogP contribution in [0.5, 0.6) is 0 Å². The fourth-order valence-corrected chi connectivity index (χ4v) is 3.70. The Morgan fingerprint density at radius 3 is 1.93 bits per heavy atom. The molecule has 0 heterocycles. The van der Waals surface area contributed by atoms with Gasteiger partial charge in [-0.15, -0.1) is 0 Å². The maximum atomic E-state index is 13.2. The highest BCUT2D eigenvalue weighted by atomic mass is 32.2. The Bertz CT molecular complexity index is 1190. The summed E-state index contributed by atoms with van der Waals surface area (Å²) < 4.78 is 51.4. The van der Waals surface area contributed by atoms with Crippen LogP contribution in [0.25, 0.3) is 0 Å². The Morgan fingerprint density at radius 2 is 1.41 bits per heavy atom. The van der Waals surface area contributed by atoms with Crippen LogP contribution in [0.3, 0.4) is 0 Å². The van der Waals surface area contributed by atoms with Crippen molar-refractivity contribution in [3.63, 3.8) is 0 Å². The topological polar surface area (TPSA) is 106 Å². The lowest BCUT2D eigenvalue weighted by molar-refractivity contribution is -0.384. The van der Waals surface area contributed by atoms with Crippen molar-refractivity contribution in [1.29, 1.82) is 0 Å². The Labute approximate surface area is 163 Å². The van der Waals surface area contributed by atoms with E-state index in [0.29, 0.717) is 0 Å². The van der Waals surface area contributed by atoms with E-state index < -0.39 is 32.3 Å². The number of halogens is 2. The number of carbonyl (C=O) groups is 1. The smallest absolute Gasteiger partial charge is 0.269 e. The molecule has 0 atom stereocenters. The lowest BCUT2D eigenvalue weighted by Crippen LogP contribution is -2.12. The van der Waals surface area contributed by atoms with Gasteiger partial charge in [0, 0.05) is 23.4 Å². The van der Waals surface area contributed by atoms with Gasteiger partial charge >= 0.3 is 0 Å². The zero-order chi connectivity index (χ0) is 21.2. The van der Waals surface area contributed by atoms with Crippen LogP contribution in [-0.4, -0.2) is 19.2 Å². The molecule has 0 aliphatic rings. The number of hydrogen-bond donors (Lipinski definition) is 1. The maximum absolute atomic E-state index is 13.2. The van der Waals surface area contributed by atoms with Crippen molar-refractivity contribution >= 4 is 27.1 Å². The van der Waals surface area contributed by atoms with Gasteiger partial charge in [0.15, 0.2) is 11.6 Å². The molecule has 0 bridgehead atoms. The molecule has 3 aromatic rings. The molecule has 0 radical (unpaired) electrons. The van der Waals surface area contributed by atoms with Crippen molar-refractivity contribution in [2.75, 3.05) is 5.32 Å². The van der Waals surface area contributed by atoms with Gasteiger partial charge in [-0.1, -0.05) is 0 Å². The van der Waals surface area contributed by atoms with Gasteiger partial charge in [-0.05, 0) is 54.6 Å². The molecule has 148 valence electrons. The van der Waals surface area contributed by atoms with Gasteiger partial charge in [0.25, 0.3) is 11.6 Å². The third-order valence-corrected chi connectivity index (χ3v) is 5.75. The van der Waals surface area contributed by atoms with Gasteiger partial charge in [0.2, 0.25) is 9.84 Å². The number of hydrogen-bond acceptors (Lipinski definition) is 5. The molecule has 3 aromatic carbocycles. The highest BCUT2D eigenvalue weighted by Gasteiger charge is 2.19. The van der Waals surface area contributed by atoms with E-state index in [1.54, 1.807) is 0 Å². The zero-order valence-corrected chi connectivity index (χ0v) is 15.3. The summed E-state index contributed by atoms with van der Waals surface area (Å²) in [6, 6.07) is 12.3. The molecule has 1 N–H and O–H groups in total. The predicted octanol–water partition coefficient (Wildman–Crippen LogP) is 3.96. The van der Waals surface area contributed by atoms with Gasteiger partial charge < -0.3 is 5.32 Å². The van der Waals surface area contributed by atoms with E-state index in [1.165, 1.54) is 24.3 Å². The first-order valence-corrected chi connectivity index (χ1v) is 9.53. The number of non-ortho nitro benzene ring substituents is 1. The van der Waals surface area contributed by atoms with E-state index in [2.05, 4.69) is 5.32 Å². The summed E-state index contributed by atoms with van der Waals surface area (Å²) in [5.74, 6) is -2.94. The Kier molecular flexibility index (Phi) is 5.37. The van der Waals surface area contributed by atoms with E-state index in [9.17, 15) is 32.1 Å². The minimum atomic E-state index is -3.92. The van der Waals surface area contributed by atoms with Crippen molar-refractivity contribution in [3.05, 3.63) is 94.0 Å².